The summed E-state index contributed by atoms with van der Waals surface area (Å²) in [7, 11) is 3.69. The van der Waals surface area contributed by atoms with E-state index in [-0.39, 0.29) is 5.54 Å². The summed E-state index contributed by atoms with van der Waals surface area (Å²) in [5.74, 6) is 0. The minimum Gasteiger partial charge on any atom is -0.383 e. The smallest absolute Gasteiger partial charge is 0.0639 e. The van der Waals surface area contributed by atoms with Crippen LogP contribution in [-0.4, -0.2) is 29.0 Å². The van der Waals surface area contributed by atoms with E-state index in [0.29, 0.717) is 6.61 Å². The van der Waals surface area contributed by atoms with Gasteiger partial charge < -0.3 is 10.1 Å². The first-order chi connectivity index (χ1) is 6.94. The lowest BCUT2D eigenvalue weighted by Gasteiger charge is -2.25. The molecule has 0 atom stereocenters. The molecule has 0 aliphatic rings. The Balaban J connectivity index is 2.53. The van der Waals surface area contributed by atoms with Gasteiger partial charge in [0.05, 0.1) is 18.0 Å². The number of rotatable bonds is 5. The highest BCUT2D eigenvalue weighted by Crippen LogP contribution is 2.06. The van der Waals surface area contributed by atoms with Crippen molar-refractivity contribution in [1.82, 2.24) is 15.1 Å². The zero-order valence-electron chi connectivity index (χ0n) is 10.3. The highest BCUT2D eigenvalue weighted by molar-refractivity contribution is 5.08. The third-order valence-electron chi connectivity index (χ3n) is 2.35. The number of methoxy groups -OCH3 is 1. The van der Waals surface area contributed by atoms with Crippen LogP contribution in [0.25, 0.3) is 0 Å². The predicted octanol–water partition coefficient (Wildman–Crippen LogP) is 1.24. The summed E-state index contributed by atoms with van der Waals surface area (Å²) in [6.07, 6.45) is 0. The van der Waals surface area contributed by atoms with E-state index in [4.69, 9.17) is 4.74 Å². The molecular weight excluding hydrogens is 190 g/mol. The van der Waals surface area contributed by atoms with Crippen LogP contribution in [0.5, 0.6) is 0 Å². The molecule has 0 aliphatic heterocycles. The molecule has 0 saturated heterocycles. The van der Waals surface area contributed by atoms with Crippen molar-refractivity contribution in [3.8, 4) is 0 Å². The largest absolute Gasteiger partial charge is 0.383 e. The van der Waals surface area contributed by atoms with E-state index >= 15 is 0 Å². The maximum atomic E-state index is 5.15. The lowest BCUT2D eigenvalue weighted by atomic mass is 10.1. The van der Waals surface area contributed by atoms with Crippen LogP contribution in [0.15, 0.2) is 6.07 Å². The highest BCUT2D eigenvalue weighted by atomic mass is 16.5. The average Bonchev–Trinajstić information content (AvgIpc) is 2.42. The number of nitrogens with zero attached hydrogens (tertiary/aromatic N) is 2. The molecule has 1 rings (SSSR count). The van der Waals surface area contributed by atoms with Gasteiger partial charge in [-0.3, -0.25) is 4.68 Å². The van der Waals surface area contributed by atoms with E-state index in [1.165, 1.54) is 5.69 Å². The van der Waals surface area contributed by atoms with Gasteiger partial charge in [-0.2, -0.15) is 5.10 Å². The van der Waals surface area contributed by atoms with Gasteiger partial charge in [0, 0.05) is 26.2 Å². The van der Waals surface area contributed by atoms with Crippen LogP contribution >= 0.6 is 0 Å². The Morgan fingerprint density at radius 1 is 1.53 bits per heavy atom. The summed E-state index contributed by atoms with van der Waals surface area (Å²) in [5, 5.41) is 7.75. The molecule has 86 valence electrons. The van der Waals surface area contributed by atoms with E-state index in [2.05, 4.69) is 30.3 Å². The molecule has 4 heteroatoms. The molecule has 0 radical (unpaired) electrons. The van der Waals surface area contributed by atoms with Crippen LogP contribution in [-0.2, 0) is 18.3 Å². The summed E-state index contributed by atoms with van der Waals surface area (Å²) < 4.78 is 7.05. The minimum atomic E-state index is -0.00702. The Labute approximate surface area is 91.6 Å². The molecule has 0 unspecified atom stereocenters. The van der Waals surface area contributed by atoms with Crippen LogP contribution in [0.1, 0.15) is 25.2 Å². The molecule has 1 heterocycles. The van der Waals surface area contributed by atoms with Crippen molar-refractivity contribution in [3.63, 3.8) is 0 Å². The second kappa shape index (κ2) is 4.77. The van der Waals surface area contributed by atoms with Gasteiger partial charge in [0.1, 0.15) is 0 Å². The summed E-state index contributed by atoms with van der Waals surface area (Å²) in [5.41, 5.74) is 2.24. The zero-order chi connectivity index (χ0) is 11.5. The topological polar surface area (TPSA) is 39.1 Å². The van der Waals surface area contributed by atoms with Crippen molar-refractivity contribution in [2.45, 2.75) is 32.9 Å². The maximum absolute atomic E-state index is 5.15. The van der Waals surface area contributed by atoms with Crippen molar-refractivity contribution in [2.24, 2.45) is 7.05 Å². The molecule has 4 nitrogen and oxygen atoms in total. The van der Waals surface area contributed by atoms with Gasteiger partial charge in [-0.1, -0.05) is 0 Å². The van der Waals surface area contributed by atoms with Crippen molar-refractivity contribution >= 4 is 0 Å². The number of aryl methyl sites for hydroxylation is 2. The van der Waals surface area contributed by atoms with Gasteiger partial charge in [-0.25, -0.2) is 0 Å². The number of aromatic nitrogens is 2. The third kappa shape index (κ3) is 3.64. The normalized spacial score (nSPS) is 12.1. The molecule has 0 amide bonds. The van der Waals surface area contributed by atoms with Crippen LogP contribution in [0.4, 0.5) is 0 Å². The zero-order valence-corrected chi connectivity index (χ0v) is 10.3. The Kier molecular flexibility index (Phi) is 3.88. The molecule has 0 spiro atoms. The number of nitrogens with one attached hydrogen (secondary N) is 1. The van der Waals surface area contributed by atoms with E-state index in [1.54, 1.807) is 7.11 Å². The first kappa shape index (κ1) is 12.2. The molecule has 1 aromatic rings. The van der Waals surface area contributed by atoms with Crippen molar-refractivity contribution in [2.75, 3.05) is 13.7 Å². The van der Waals surface area contributed by atoms with Gasteiger partial charge in [-0.15, -0.1) is 0 Å². The van der Waals surface area contributed by atoms with E-state index in [9.17, 15) is 0 Å². The van der Waals surface area contributed by atoms with Gasteiger partial charge in [0.15, 0.2) is 0 Å². The number of hydrogen-bond acceptors (Lipinski definition) is 3. The third-order valence-corrected chi connectivity index (χ3v) is 2.35. The minimum absolute atomic E-state index is 0.00702. The van der Waals surface area contributed by atoms with Gasteiger partial charge in [0.25, 0.3) is 0 Å². The van der Waals surface area contributed by atoms with Gasteiger partial charge in [0.2, 0.25) is 0 Å². The summed E-state index contributed by atoms with van der Waals surface area (Å²) >= 11 is 0. The highest BCUT2D eigenvalue weighted by Gasteiger charge is 2.17. The van der Waals surface area contributed by atoms with E-state index < -0.39 is 0 Å². The second-order valence-electron chi connectivity index (χ2n) is 4.57. The van der Waals surface area contributed by atoms with Crippen molar-refractivity contribution in [1.29, 1.82) is 0 Å². The molecule has 1 N–H and O–H groups in total. The van der Waals surface area contributed by atoms with Crippen LogP contribution in [0, 0.1) is 6.92 Å². The first-order valence-corrected chi connectivity index (χ1v) is 5.18. The molecule has 0 saturated carbocycles. The fourth-order valence-electron chi connectivity index (χ4n) is 1.57. The molecule has 0 aromatic carbocycles. The quantitative estimate of drug-likeness (QED) is 0.796. The summed E-state index contributed by atoms with van der Waals surface area (Å²) in [6.45, 7) is 7.76. The first-order valence-electron chi connectivity index (χ1n) is 5.18. The Bertz CT molecular complexity index is 318. The van der Waals surface area contributed by atoms with Crippen LogP contribution < -0.4 is 5.32 Å². The van der Waals surface area contributed by atoms with Gasteiger partial charge in [-0.05, 0) is 26.8 Å². The molecule has 0 aliphatic carbocycles. The fraction of sp³-hybridized carbons (Fsp3) is 0.727. The Morgan fingerprint density at radius 2 is 2.20 bits per heavy atom. The molecule has 0 bridgehead atoms. The van der Waals surface area contributed by atoms with E-state index in [1.807, 2.05) is 18.7 Å². The Hall–Kier alpha value is -0.870. The average molecular weight is 211 g/mol. The van der Waals surface area contributed by atoms with Gasteiger partial charge >= 0.3 is 0 Å². The Morgan fingerprint density at radius 3 is 2.67 bits per heavy atom. The van der Waals surface area contributed by atoms with Crippen molar-refractivity contribution in [3.05, 3.63) is 17.5 Å². The fourth-order valence-corrected chi connectivity index (χ4v) is 1.57. The monoisotopic (exact) mass is 211 g/mol. The second-order valence-corrected chi connectivity index (χ2v) is 4.57. The molecule has 0 fully saturated rings. The lowest BCUT2D eigenvalue weighted by molar-refractivity contribution is 0.127. The summed E-state index contributed by atoms with van der Waals surface area (Å²) in [4.78, 5) is 0. The van der Waals surface area contributed by atoms with Crippen molar-refractivity contribution < 1.29 is 4.74 Å². The SMILES string of the molecule is COCC(C)(C)NCc1cc(C)nn1C. The molecule has 15 heavy (non-hydrogen) atoms. The standard InChI is InChI=1S/C11H21N3O/c1-9-6-10(14(4)13-9)7-12-11(2,3)8-15-5/h6,12H,7-8H2,1-5H3. The maximum Gasteiger partial charge on any atom is 0.0639 e. The molecular formula is C11H21N3O. The number of ether oxygens (including phenoxy) is 1. The van der Waals surface area contributed by atoms with Crippen LogP contribution in [0.3, 0.4) is 0 Å². The summed E-state index contributed by atoms with van der Waals surface area (Å²) in [6, 6.07) is 2.09. The van der Waals surface area contributed by atoms with E-state index in [0.717, 1.165) is 12.2 Å². The molecule has 1 aromatic heterocycles. The lowest BCUT2D eigenvalue weighted by Crippen LogP contribution is -2.43. The predicted molar refractivity (Wildman–Crippen MR) is 60.7 cm³/mol. The number of hydrogen-bond donors (Lipinski definition) is 1. The van der Waals surface area contributed by atoms with Crippen LogP contribution in [0.2, 0.25) is 0 Å².